The van der Waals surface area contributed by atoms with Crippen molar-refractivity contribution in [3.8, 4) is 17.2 Å². The molecule has 1 fully saturated rings. The number of aliphatic hydroxyl groups excluding tert-OH is 1. The molecule has 1 atom stereocenters. The van der Waals surface area contributed by atoms with Crippen LogP contribution in [0.5, 0.6) is 17.2 Å². The van der Waals surface area contributed by atoms with E-state index in [1.54, 1.807) is 36.4 Å². The van der Waals surface area contributed by atoms with Gasteiger partial charge in [0.25, 0.3) is 0 Å². The Morgan fingerprint density at radius 1 is 1.00 bits per heavy atom. The number of ether oxygens (including phenoxy) is 2. The molecule has 4 aromatic rings. The molecule has 0 spiro atoms. The average Bonchev–Trinajstić information content (AvgIpc) is 2.90. The third kappa shape index (κ3) is 5.93. The van der Waals surface area contributed by atoms with Crippen molar-refractivity contribution in [2.24, 2.45) is 0 Å². The highest BCUT2D eigenvalue weighted by molar-refractivity contribution is 5.79. The lowest BCUT2D eigenvalue weighted by molar-refractivity contribution is 0.0663. The molecule has 0 amide bonds. The Bertz CT molecular complexity index is 1430. The molecule has 1 aliphatic rings. The highest BCUT2D eigenvalue weighted by atomic mass is 19.1. The molecule has 0 unspecified atom stereocenters. The van der Waals surface area contributed by atoms with Crippen molar-refractivity contribution in [2.75, 3.05) is 44.2 Å². The largest absolute Gasteiger partial charge is 0.491 e. The molecule has 3 aromatic carbocycles. The van der Waals surface area contributed by atoms with Crippen LogP contribution in [0.1, 0.15) is 5.56 Å². The Morgan fingerprint density at radius 2 is 1.81 bits per heavy atom. The minimum atomic E-state index is -0.701. The van der Waals surface area contributed by atoms with Gasteiger partial charge in [-0.1, -0.05) is 24.3 Å². The van der Waals surface area contributed by atoms with E-state index in [9.17, 15) is 14.3 Å². The van der Waals surface area contributed by atoms with Crippen molar-refractivity contribution < 1.29 is 23.4 Å². The summed E-state index contributed by atoms with van der Waals surface area (Å²) in [7, 11) is 0. The van der Waals surface area contributed by atoms with E-state index in [0.717, 1.165) is 18.7 Å². The van der Waals surface area contributed by atoms with Crippen molar-refractivity contribution in [3.05, 3.63) is 94.6 Å². The van der Waals surface area contributed by atoms with E-state index < -0.39 is 6.10 Å². The number of para-hydroxylation sites is 1. The predicted molar refractivity (Wildman–Crippen MR) is 140 cm³/mol. The fourth-order valence-corrected chi connectivity index (χ4v) is 4.48. The summed E-state index contributed by atoms with van der Waals surface area (Å²) in [5, 5.41) is 10.9. The van der Waals surface area contributed by atoms with Crippen LogP contribution < -0.4 is 19.8 Å². The molecule has 1 saturated heterocycles. The van der Waals surface area contributed by atoms with E-state index in [0.29, 0.717) is 47.8 Å². The van der Waals surface area contributed by atoms with Gasteiger partial charge >= 0.3 is 0 Å². The second-order valence-corrected chi connectivity index (χ2v) is 9.21. The first-order valence-electron chi connectivity index (χ1n) is 12.3. The van der Waals surface area contributed by atoms with Gasteiger partial charge in [-0.2, -0.15) is 0 Å². The minimum Gasteiger partial charge on any atom is -0.491 e. The van der Waals surface area contributed by atoms with Gasteiger partial charge in [-0.25, -0.2) is 4.39 Å². The molecule has 2 heterocycles. The van der Waals surface area contributed by atoms with Crippen molar-refractivity contribution in [1.82, 2.24) is 4.90 Å². The van der Waals surface area contributed by atoms with Gasteiger partial charge in [-0.05, 0) is 48.9 Å². The van der Waals surface area contributed by atoms with Gasteiger partial charge in [0.2, 0.25) is 11.2 Å². The molecule has 8 heteroatoms. The van der Waals surface area contributed by atoms with E-state index >= 15 is 0 Å². The Balaban J connectivity index is 1.15. The maximum absolute atomic E-state index is 14.0. The summed E-state index contributed by atoms with van der Waals surface area (Å²) in [6, 6.07) is 19.2. The topological polar surface area (TPSA) is 75.4 Å². The molecule has 37 heavy (non-hydrogen) atoms. The van der Waals surface area contributed by atoms with E-state index in [1.807, 2.05) is 36.1 Å². The number of β-amino-alcohol motifs (C(OH)–C–C–N with tert-alkyl or cyclic N) is 1. The smallest absolute Gasteiger partial charge is 0.235 e. The highest BCUT2D eigenvalue weighted by Crippen LogP contribution is 2.25. The number of nitrogens with zero attached hydrogens (tertiary/aromatic N) is 2. The number of hydrogen-bond acceptors (Lipinski definition) is 7. The van der Waals surface area contributed by atoms with Gasteiger partial charge in [0.05, 0.1) is 11.1 Å². The SMILES string of the molecule is Cc1cccc(Oc2coc3cc(OC[C@H](O)CN4CCN(c5ccccc5F)CC4)ccc3c2=O)c1. The zero-order valence-corrected chi connectivity index (χ0v) is 20.6. The van der Waals surface area contributed by atoms with Gasteiger partial charge in [0.1, 0.15) is 41.9 Å². The number of halogens is 1. The van der Waals surface area contributed by atoms with Crippen LogP contribution in [-0.2, 0) is 0 Å². The molecule has 192 valence electrons. The number of hydrogen-bond donors (Lipinski definition) is 1. The Hall–Kier alpha value is -3.88. The number of fused-ring (bicyclic) bond motifs is 1. The lowest BCUT2D eigenvalue weighted by Crippen LogP contribution is -2.49. The average molecular weight is 505 g/mol. The van der Waals surface area contributed by atoms with Crippen LogP contribution in [0.4, 0.5) is 10.1 Å². The van der Waals surface area contributed by atoms with Crippen molar-refractivity contribution in [2.45, 2.75) is 13.0 Å². The zero-order chi connectivity index (χ0) is 25.8. The van der Waals surface area contributed by atoms with Crippen LogP contribution >= 0.6 is 0 Å². The van der Waals surface area contributed by atoms with Crippen LogP contribution in [0.2, 0.25) is 0 Å². The maximum atomic E-state index is 14.0. The Labute approximate surface area is 214 Å². The van der Waals surface area contributed by atoms with Crippen molar-refractivity contribution >= 4 is 16.7 Å². The van der Waals surface area contributed by atoms with E-state index in [2.05, 4.69) is 4.90 Å². The second-order valence-electron chi connectivity index (χ2n) is 9.21. The monoisotopic (exact) mass is 504 g/mol. The molecule has 0 aliphatic carbocycles. The van der Waals surface area contributed by atoms with Gasteiger partial charge in [-0.15, -0.1) is 0 Å². The number of aliphatic hydroxyl groups is 1. The first-order chi connectivity index (χ1) is 18.0. The first-order valence-corrected chi connectivity index (χ1v) is 12.3. The van der Waals surface area contributed by atoms with Gasteiger partial charge in [-0.3, -0.25) is 9.69 Å². The lowest BCUT2D eigenvalue weighted by Gasteiger charge is -2.36. The minimum absolute atomic E-state index is 0.0951. The number of rotatable bonds is 8. The number of anilines is 1. The summed E-state index contributed by atoms with van der Waals surface area (Å²) < 4.78 is 31.2. The molecule has 0 saturated carbocycles. The zero-order valence-electron chi connectivity index (χ0n) is 20.6. The lowest BCUT2D eigenvalue weighted by atomic mass is 10.2. The van der Waals surface area contributed by atoms with Gasteiger partial charge in [0.15, 0.2) is 0 Å². The molecule has 5 rings (SSSR count). The molecular weight excluding hydrogens is 475 g/mol. The van der Waals surface area contributed by atoms with Crippen LogP contribution in [0.15, 0.2) is 82.2 Å². The van der Waals surface area contributed by atoms with Crippen LogP contribution in [0.25, 0.3) is 11.0 Å². The number of benzene rings is 3. The van der Waals surface area contributed by atoms with E-state index in [4.69, 9.17) is 13.9 Å². The molecule has 1 aromatic heterocycles. The fourth-order valence-electron chi connectivity index (χ4n) is 4.48. The quantitative estimate of drug-likeness (QED) is 0.376. The number of aryl methyl sites for hydroxylation is 1. The summed E-state index contributed by atoms with van der Waals surface area (Å²) in [5.41, 5.74) is 1.74. The van der Waals surface area contributed by atoms with Crippen LogP contribution in [-0.4, -0.2) is 55.4 Å². The summed E-state index contributed by atoms with van der Waals surface area (Å²) in [6.07, 6.45) is 0.597. The van der Waals surface area contributed by atoms with Crippen molar-refractivity contribution in [1.29, 1.82) is 0 Å². The first kappa shape index (κ1) is 24.8. The molecule has 1 aliphatic heterocycles. The highest BCUT2D eigenvalue weighted by Gasteiger charge is 2.21. The molecule has 0 bridgehead atoms. The van der Waals surface area contributed by atoms with Gasteiger partial charge in [0, 0.05) is 38.8 Å². The number of piperazine rings is 1. The summed E-state index contributed by atoms with van der Waals surface area (Å²) >= 11 is 0. The van der Waals surface area contributed by atoms with Crippen molar-refractivity contribution in [3.63, 3.8) is 0 Å². The predicted octanol–water partition coefficient (Wildman–Crippen LogP) is 4.59. The third-order valence-corrected chi connectivity index (χ3v) is 6.41. The van der Waals surface area contributed by atoms with E-state index in [1.165, 1.54) is 12.3 Å². The molecule has 1 N–H and O–H groups in total. The molecular formula is C29H29FN2O5. The molecule has 7 nitrogen and oxygen atoms in total. The van der Waals surface area contributed by atoms with Crippen LogP contribution in [0, 0.1) is 12.7 Å². The molecule has 0 radical (unpaired) electrons. The summed E-state index contributed by atoms with van der Waals surface area (Å²) in [6.45, 7) is 5.31. The van der Waals surface area contributed by atoms with E-state index in [-0.39, 0.29) is 23.6 Å². The normalized spacial score (nSPS) is 15.1. The Kier molecular flexibility index (Phi) is 7.39. The summed E-state index contributed by atoms with van der Waals surface area (Å²) in [4.78, 5) is 17.0. The maximum Gasteiger partial charge on any atom is 0.235 e. The second kappa shape index (κ2) is 11.0. The van der Waals surface area contributed by atoms with Gasteiger partial charge < -0.3 is 23.9 Å². The van der Waals surface area contributed by atoms with Crippen LogP contribution in [0.3, 0.4) is 0 Å². The Morgan fingerprint density at radius 3 is 2.59 bits per heavy atom. The summed E-state index contributed by atoms with van der Waals surface area (Å²) in [5.74, 6) is 0.948. The third-order valence-electron chi connectivity index (χ3n) is 6.41. The standard InChI is InChI=1S/C29H29FN2O5/c1-20-5-4-6-23(15-20)37-28-19-36-27-16-22(9-10-24(27)29(28)34)35-18-21(33)17-31-11-13-32(14-12-31)26-8-3-2-7-25(26)30/h2-10,15-16,19,21,33H,11-14,17-18H2,1H3/t21-/m1/s1. The fraction of sp³-hybridized carbons (Fsp3) is 0.276.